The van der Waals surface area contributed by atoms with Crippen molar-refractivity contribution in [2.75, 3.05) is 53.6 Å². The number of benzene rings is 2. The number of ether oxygens (including phenoxy) is 2. The number of carbonyl (C=O) groups is 1. The summed E-state index contributed by atoms with van der Waals surface area (Å²) in [6, 6.07) is 15.8. The van der Waals surface area contributed by atoms with Crippen molar-refractivity contribution >= 4 is 17.7 Å². The minimum absolute atomic E-state index is 0.0573. The van der Waals surface area contributed by atoms with Gasteiger partial charge in [0.25, 0.3) is 5.91 Å². The molecule has 2 heterocycles. The van der Waals surface area contributed by atoms with Crippen molar-refractivity contribution < 1.29 is 14.3 Å². The second-order valence-corrected chi connectivity index (χ2v) is 9.87. The fraction of sp³-hybridized carbons (Fsp3) is 0.444. The van der Waals surface area contributed by atoms with Gasteiger partial charge in [0.2, 0.25) is 0 Å². The van der Waals surface area contributed by atoms with Crippen LogP contribution in [0.1, 0.15) is 35.8 Å². The minimum atomic E-state index is 0.0573. The van der Waals surface area contributed by atoms with Crippen LogP contribution in [-0.2, 0) is 10.5 Å². The van der Waals surface area contributed by atoms with E-state index in [0.29, 0.717) is 6.61 Å². The highest BCUT2D eigenvalue weighted by Gasteiger charge is 2.22. The van der Waals surface area contributed by atoms with Crippen LogP contribution in [0.15, 0.2) is 53.7 Å². The van der Waals surface area contributed by atoms with E-state index in [9.17, 15) is 4.79 Å². The third-order valence-corrected chi connectivity index (χ3v) is 7.53. The average Bonchev–Trinajstić information content (AvgIpc) is 3.36. The number of carbonyl (C=O) groups excluding carboxylic acids is 1. The van der Waals surface area contributed by atoms with E-state index >= 15 is 0 Å². The highest BCUT2D eigenvalue weighted by molar-refractivity contribution is 7.98. The van der Waals surface area contributed by atoms with E-state index in [1.54, 1.807) is 26.0 Å². The van der Waals surface area contributed by atoms with Crippen LogP contribution in [0.5, 0.6) is 5.75 Å². The predicted octanol–water partition coefficient (Wildman–Crippen LogP) is 4.23. The lowest BCUT2D eigenvalue weighted by molar-refractivity contribution is 0.0643. The van der Waals surface area contributed by atoms with E-state index in [2.05, 4.69) is 33.5 Å². The lowest BCUT2D eigenvalue weighted by atomic mass is 10.1. The van der Waals surface area contributed by atoms with E-state index < -0.39 is 0 Å². The standard InChI is InChI=1S/C27H35N5O3S/c1-5-30-13-15-31(16-14-30)26(33)22-11-9-21(10-12-22)19-36-27-29-28-25(32(27)20(2)18-34-3)23-7-6-8-24(17-23)35-4/h6-12,17,20H,5,13-16,18-19H2,1-4H3. The fourth-order valence-electron chi connectivity index (χ4n) is 4.39. The average molecular weight is 510 g/mol. The molecule has 1 saturated heterocycles. The Morgan fingerprint density at radius 2 is 1.81 bits per heavy atom. The van der Waals surface area contributed by atoms with Gasteiger partial charge in [-0.25, -0.2) is 0 Å². The first-order chi connectivity index (χ1) is 17.5. The Morgan fingerprint density at radius 1 is 1.06 bits per heavy atom. The van der Waals surface area contributed by atoms with Crippen molar-refractivity contribution in [3.63, 3.8) is 0 Å². The van der Waals surface area contributed by atoms with Gasteiger partial charge < -0.3 is 19.3 Å². The Morgan fingerprint density at radius 3 is 2.47 bits per heavy atom. The third kappa shape index (κ3) is 6.08. The van der Waals surface area contributed by atoms with Crippen LogP contribution in [0, 0.1) is 0 Å². The Balaban J connectivity index is 1.46. The smallest absolute Gasteiger partial charge is 0.253 e. The second kappa shape index (κ2) is 12.4. The fourth-order valence-corrected chi connectivity index (χ4v) is 5.38. The molecule has 1 fully saturated rings. The number of likely N-dealkylation sites (N-methyl/N-ethyl adjacent to an activating group) is 1. The van der Waals surface area contributed by atoms with Crippen LogP contribution in [0.3, 0.4) is 0 Å². The number of hydrogen-bond acceptors (Lipinski definition) is 7. The van der Waals surface area contributed by atoms with Crippen molar-refractivity contribution in [1.29, 1.82) is 0 Å². The maximum Gasteiger partial charge on any atom is 0.253 e. The Labute approximate surface area is 217 Å². The van der Waals surface area contributed by atoms with Crippen molar-refractivity contribution in [1.82, 2.24) is 24.6 Å². The number of amides is 1. The molecule has 0 aliphatic carbocycles. The molecule has 0 spiro atoms. The van der Waals surface area contributed by atoms with Gasteiger partial charge in [0.05, 0.1) is 19.8 Å². The molecule has 1 aliphatic rings. The number of nitrogens with zero attached hydrogens (tertiary/aromatic N) is 5. The Bertz CT molecular complexity index is 1140. The first kappa shape index (κ1) is 26.2. The molecule has 4 rings (SSSR count). The zero-order valence-corrected chi connectivity index (χ0v) is 22.3. The monoisotopic (exact) mass is 509 g/mol. The summed E-state index contributed by atoms with van der Waals surface area (Å²) < 4.78 is 12.9. The van der Waals surface area contributed by atoms with Gasteiger partial charge in [0.15, 0.2) is 11.0 Å². The molecule has 0 bridgehead atoms. The van der Waals surface area contributed by atoms with Gasteiger partial charge in [-0.2, -0.15) is 0 Å². The van der Waals surface area contributed by atoms with E-state index in [4.69, 9.17) is 9.47 Å². The summed E-state index contributed by atoms with van der Waals surface area (Å²) in [5, 5.41) is 9.83. The van der Waals surface area contributed by atoms with E-state index in [1.165, 1.54) is 0 Å². The summed E-state index contributed by atoms with van der Waals surface area (Å²) in [5.74, 6) is 2.39. The van der Waals surface area contributed by atoms with Gasteiger partial charge in [-0.1, -0.05) is 43.0 Å². The molecule has 0 saturated carbocycles. The van der Waals surface area contributed by atoms with Gasteiger partial charge in [-0.05, 0) is 43.3 Å². The summed E-state index contributed by atoms with van der Waals surface area (Å²) in [5.41, 5.74) is 2.81. The van der Waals surface area contributed by atoms with Crippen LogP contribution in [0.2, 0.25) is 0 Å². The van der Waals surface area contributed by atoms with E-state index in [0.717, 1.165) is 71.9 Å². The lowest BCUT2D eigenvalue weighted by Gasteiger charge is -2.34. The van der Waals surface area contributed by atoms with Crippen molar-refractivity contribution in [3.05, 3.63) is 59.7 Å². The molecule has 1 atom stereocenters. The molecule has 192 valence electrons. The molecule has 1 unspecified atom stereocenters. The molecule has 3 aromatic rings. The van der Waals surface area contributed by atoms with Crippen LogP contribution < -0.4 is 4.74 Å². The van der Waals surface area contributed by atoms with Gasteiger partial charge >= 0.3 is 0 Å². The highest BCUT2D eigenvalue weighted by Crippen LogP contribution is 2.31. The van der Waals surface area contributed by atoms with E-state index in [-0.39, 0.29) is 11.9 Å². The first-order valence-corrected chi connectivity index (χ1v) is 13.3. The number of hydrogen-bond donors (Lipinski definition) is 0. The van der Waals surface area contributed by atoms with Gasteiger partial charge in [-0.3, -0.25) is 9.36 Å². The molecule has 1 aromatic heterocycles. The summed E-state index contributed by atoms with van der Waals surface area (Å²) in [6.07, 6.45) is 0. The zero-order chi connectivity index (χ0) is 25.5. The third-order valence-electron chi connectivity index (χ3n) is 6.52. The number of thioether (sulfide) groups is 1. The van der Waals surface area contributed by atoms with Gasteiger partial charge in [-0.15, -0.1) is 10.2 Å². The maximum absolute atomic E-state index is 12.9. The Kier molecular flexibility index (Phi) is 9.01. The number of aromatic nitrogens is 3. The number of methoxy groups -OCH3 is 2. The summed E-state index contributed by atoms with van der Waals surface area (Å²) in [6.45, 7) is 9.30. The van der Waals surface area contributed by atoms with Crippen molar-refractivity contribution in [2.45, 2.75) is 30.8 Å². The molecule has 1 aliphatic heterocycles. The van der Waals surface area contributed by atoms with Crippen LogP contribution in [0.4, 0.5) is 0 Å². The van der Waals surface area contributed by atoms with Gasteiger partial charge in [0, 0.05) is 50.2 Å². The number of rotatable bonds is 10. The normalized spacial score (nSPS) is 15.2. The summed E-state index contributed by atoms with van der Waals surface area (Å²) in [4.78, 5) is 17.2. The molecule has 0 N–H and O–H groups in total. The summed E-state index contributed by atoms with van der Waals surface area (Å²) >= 11 is 1.63. The zero-order valence-electron chi connectivity index (χ0n) is 21.5. The topological polar surface area (TPSA) is 72.7 Å². The number of piperazine rings is 1. The quantitative estimate of drug-likeness (QED) is 0.379. The van der Waals surface area contributed by atoms with Crippen molar-refractivity contribution in [3.8, 4) is 17.1 Å². The van der Waals surface area contributed by atoms with E-state index in [1.807, 2.05) is 53.4 Å². The lowest BCUT2D eigenvalue weighted by Crippen LogP contribution is -2.48. The Hall–Kier alpha value is -2.88. The highest BCUT2D eigenvalue weighted by atomic mass is 32.2. The molecule has 9 heteroatoms. The molecule has 2 aromatic carbocycles. The predicted molar refractivity (Wildman–Crippen MR) is 143 cm³/mol. The molecular formula is C27H35N5O3S. The SMILES string of the molecule is CCN1CCN(C(=O)c2ccc(CSc3nnc(-c4cccc(OC)c4)n3C(C)COC)cc2)CC1. The van der Waals surface area contributed by atoms with Crippen LogP contribution in [-0.4, -0.2) is 84.0 Å². The molecule has 0 radical (unpaired) electrons. The summed E-state index contributed by atoms with van der Waals surface area (Å²) in [7, 11) is 3.36. The second-order valence-electron chi connectivity index (χ2n) is 8.92. The van der Waals surface area contributed by atoms with Crippen molar-refractivity contribution in [2.24, 2.45) is 0 Å². The maximum atomic E-state index is 12.9. The molecule has 1 amide bonds. The molecule has 8 nitrogen and oxygen atoms in total. The first-order valence-electron chi connectivity index (χ1n) is 12.4. The minimum Gasteiger partial charge on any atom is -0.497 e. The molecule has 36 heavy (non-hydrogen) atoms. The van der Waals surface area contributed by atoms with Crippen LogP contribution >= 0.6 is 11.8 Å². The molecular weight excluding hydrogens is 474 g/mol. The van der Waals surface area contributed by atoms with Crippen LogP contribution in [0.25, 0.3) is 11.4 Å². The largest absolute Gasteiger partial charge is 0.497 e. The van der Waals surface area contributed by atoms with Gasteiger partial charge in [0.1, 0.15) is 5.75 Å².